The van der Waals surface area contributed by atoms with Crippen LogP contribution in [0.4, 0.5) is 5.69 Å². The molecule has 10 heteroatoms. The van der Waals surface area contributed by atoms with Crippen molar-refractivity contribution in [3.8, 4) is 0 Å². The Balaban J connectivity index is 1.22. The molecule has 1 aliphatic carbocycles. The van der Waals surface area contributed by atoms with Crippen molar-refractivity contribution in [1.29, 1.82) is 0 Å². The maximum Gasteiger partial charge on any atom is 0.266 e. The summed E-state index contributed by atoms with van der Waals surface area (Å²) in [5, 5.41) is 0. The first-order valence-corrected chi connectivity index (χ1v) is 14.9. The molecule has 0 spiro atoms. The van der Waals surface area contributed by atoms with E-state index in [-0.39, 0.29) is 9.22 Å². The Morgan fingerprint density at radius 3 is 2.62 bits per heavy atom. The fourth-order valence-electron chi connectivity index (χ4n) is 4.91. The van der Waals surface area contributed by atoms with Crippen LogP contribution in [-0.4, -0.2) is 49.1 Å². The number of fused-ring (bicyclic) bond motifs is 1. The molecule has 3 aliphatic rings. The summed E-state index contributed by atoms with van der Waals surface area (Å²) in [5.74, 6) is -0.507. The average molecular weight is 554 g/mol. The van der Waals surface area contributed by atoms with Crippen LogP contribution in [0.25, 0.3) is 6.08 Å². The molecule has 192 valence electrons. The maximum absolute atomic E-state index is 12.9. The monoisotopic (exact) mass is 553 g/mol. The second kappa shape index (κ2) is 10.8. The lowest BCUT2D eigenvalue weighted by Gasteiger charge is -2.37. The third-order valence-corrected chi connectivity index (χ3v) is 9.61. The zero-order valence-corrected chi connectivity index (χ0v) is 22.6. The number of nitrogens with zero attached hydrogens (tertiary/aromatic N) is 2. The Bertz CT molecular complexity index is 1390. The number of hydrogen-bond donors (Lipinski definition) is 1. The van der Waals surface area contributed by atoms with Gasteiger partial charge >= 0.3 is 0 Å². The Kier molecular flexibility index (Phi) is 7.50. The van der Waals surface area contributed by atoms with Crippen LogP contribution in [0, 0.1) is 5.92 Å². The van der Waals surface area contributed by atoms with Crippen molar-refractivity contribution in [3.63, 3.8) is 0 Å². The molecule has 2 aliphatic heterocycles. The number of benzene rings is 2. The van der Waals surface area contributed by atoms with E-state index in [9.17, 15) is 18.0 Å². The van der Waals surface area contributed by atoms with E-state index in [1.54, 1.807) is 29.8 Å². The number of nitrogens with one attached hydrogen (secondary N) is 1. The molecular formula is C27H27N3O4S3. The van der Waals surface area contributed by atoms with Gasteiger partial charge in [-0.05, 0) is 67.5 Å². The van der Waals surface area contributed by atoms with Crippen molar-refractivity contribution in [2.24, 2.45) is 5.92 Å². The molecule has 0 bridgehead atoms. The van der Waals surface area contributed by atoms with Gasteiger partial charge < -0.3 is 4.90 Å². The standard InChI is InChI=1S/C27H27N3O4S3/c31-25(28-37(33,34)23-8-2-1-3-9-23)18-30-26(32)24(36-27(30)35)16-19-10-12-22(13-11-19)29-15-14-20-6-4-5-7-21(20)17-29/h1-3,7-13,16,20H,4-6,14-15,17-18H2,(H,28,31). The van der Waals surface area contributed by atoms with Crippen molar-refractivity contribution in [3.05, 3.63) is 76.7 Å². The molecule has 2 aromatic rings. The van der Waals surface area contributed by atoms with Gasteiger partial charge in [0.1, 0.15) is 10.9 Å². The van der Waals surface area contributed by atoms with Crippen molar-refractivity contribution >= 4 is 61.9 Å². The van der Waals surface area contributed by atoms with Crippen LogP contribution in [0.3, 0.4) is 0 Å². The van der Waals surface area contributed by atoms with E-state index in [0.29, 0.717) is 4.91 Å². The van der Waals surface area contributed by atoms with E-state index in [2.05, 4.69) is 23.1 Å². The minimum Gasteiger partial charge on any atom is -0.368 e. The molecule has 0 radical (unpaired) electrons. The first-order chi connectivity index (χ1) is 17.8. The van der Waals surface area contributed by atoms with E-state index in [0.717, 1.165) is 46.9 Å². The maximum atomic E-state index is 12.9. The van der Waals surface area contributed by atoms with Crippen LogP contribution >= 0.6 is 24.0 Å². The smallest absolute Gasteiger partial charge is 0.266 e. The number of amides is 2. The number of anilines is 1. The van der Waals surface area contributed by atoms with Crippen molar-refractivity contribution in [2.75, 3.05) is 24.5 Å². The van der Waals surface area contributed by atoms with Gasteiger partial charge in [-0.1, -0.05) is 66.0 Å². The van der Waals surface area contributed by atoms with Crippen LogP contribution in [0.2, 0.25) is 0 Å². The number of carbonyl (C=O) groups excluding carboxylic acids is 2. The molecule has 2 saturated heterocycles. The summed E-state index contributed by atoms with van der Waals surface area (Å²) in [7, 11) is -4.03. The van der Waals surface area contributed by atoms with Crippen LogP contribution in [-0.2, 0) is 19.6 Å². The highest BCUT2D eigenvalue weighted by Crippen LogP contribution is 2.35. The van der Waals surface area contributed by atoms with E-state index >= 15 is 0 Å². The molecule has 2 heterocycles. The van der Waals surface area contributed by atoms with Gasteiger partial charge in [0.2, 0.25) is 0 Å². The Morgan fingerprint density at radius 1 is 1.11 bits per heavy atom. The fourth-order valence-corrected chi connectivity index (χ4v) is 7.16. The quantitative estimate of drug-likeness (QED) is 0.324. The second-order valence-electron chi connectivity index (χ2n) is 9.32. The summed E-state index contributed by atoms with van der Waals surface area (Å²) >= 11 is 6.40. The number of thiocarbonyl (C=S) groups is 1. The Hall–Kier alpha value is -2.95. The molecule has 0 saturated carbocycles. The van der Waals surface area contributed by atoms with Crippen LogP contribution in [0.15, 0.2) is 76.0 Å². The molecule has 1 N–H and O–H groups in total. The highest BCUT2D eigenvalue weighted by atomic mass is 32.2. The summed E-state index contributed by atoms with van der Waals surface area (Å²) in [5.41, 5.74) is 3.57. The molecule has 7 nitrogen and oxygen atoms in total. The third kappa shape index (κ3) is 5.81. The van der Waals surface area contributed by atoms with Gasteiger partial charge in [-0.3, -0.25) is 14.5 Å². The SMILES string of the molecule is O=C(CN1C(=O)C(=Cc2ccc(N3CCC4CCCC=C4C3)cc2)SC1=S)NS(=O)(=O)c1ccccc1. The van der Waals surface area contributed by atoms with Crippen molar-refractivity contribution in [2.45, 2.75) is 30.6 Å². The van der Waals surface area contributed by atoms with Crippen LogP contribution < -0.4 is 9.62 Å². The first kappa shape index (κ1) is 25.7. The Morgan fingerprint density at radius 2 is 1.86 bits per heavy atom. The second-order valence-corrected chi connectivity index (χ2v) is 12.7. The summed E-state index contributed by atoms with van der Waals surface area (Å²) in [6.07, 6.45) is 9.14. The molecular weight excluding hydrogens is 527 g/mol. The van der Waals surface area contributed by atoms with E-state index in [1.165, 1.54) is 37.8 Å². The van der Waals surface area contributed by atoms with Gasteiger partial charge in [-0.25, -0.2) is 13.1 Å². The minimum atomic E-state index is -4.03. The first-order valence-electron chi connectivity index (χ1n) is 12.2. The highest BCUT2D eigenvalue weighted by molar-refractivity contribution is 8.26. The lowest BCUT2D eigenvalue weighted by molar-refractivity contribution is -0.127. The number of sulfonamides is 1. The van der Waals surface area contributed by atoms with Gasteiger partial charge in [-0.2, -0.15) is 0 Å². The normalized spacial score (nSPS) is 21.1. The van der Waals surface area contributed by atoms with Gasteiger partial charge in [-0.15, -0.1) is 0 Å². The lowest BCUT2D eigenvalue weighted by atomic mass is 9.82. The van der Waals surface area contributed by atoms with E-state index in [4.69, 9.17) is 12.2 Å². The van der Waals surface area contributed by atoms with E-state index < -0.39 is 28.4 Å². The lowest BCUT2D eigenvalue weighted by Crippen LogP contribution is -2.41. The number of carbonyl (C=O) groups is 2. The molecule has 37 heavy (non-hydrogen) atoms. The zero-order valence-electron chi connectivity index (χ0n) is 20.1. The van der Waals surface area contributed by atoms with Crippen molar-refractivity contribution in [1.82, 2.24) is 9.62 Å². The highest BCUT2D eigenvalue weighted by Gasteiger charge is 2.34. The zero-order chi connectivity index (χ0) is 26.0. The molecule has 2 fully saturated rings. The minimum absolute atomic E-state index is 0.0306. The van der Waals surface area contributed by atoms with Gasteiger partial charge in [0.15, 0.2) is 0 Å². The molecule has 1 unspecified atom stereocenters. The number of allylic oxidation sites excluding steroid dienone is 1. The molecule has 2 amide bonds. The number of hydrogen-bond acceptors (Lipinski definition) is 7. The molecule has 5 rings (SSSR count). The number of piperidine rings is 1. The number of thioether (sulfide) groups is 1. The topological polar surface area (TPSA) is 86.8 Å². The van der Waals surface area contributed by atoms with Gasteiger partial charge in [0.05, 0.1) is 9.80 Å². The van der Waals surface area contributed by atoms with Crippen LogP contribution in [0.5, 0.6) is 0 Å². The van der Waals surface area contributed by atoms with Gasteiger partial charge in [0.25, 0.3) is 21.8 Å². The third-order valence-electron chi connectivity index (χ3n) is 6.84. The summed E-state index contributed by atoms with van der Waals surface area (Å²) < 4.78 is 27.0. The number of rotatable bonds is 6. The summed E-state index contributed by atoms with van der Waals surface area (Å²) in [4.78, 5) is 29.3. The largest absolute Gasteiger partial charge is 0.368 e. The summed E-state index contributed by atoms with van der Waals surface area (Å²) in [6, 6.07) is 15.7. The Labute approximate surface area is 226 Å². The van der Waals surface area contributed by atoms with Gasteiger partial charge in [0, 0.05) is 18.8 Å². The van der Waals surface area contributed by atoms with E-state index in [1.807, 2.05) is 16.9 Å². The predicted molar refractivity (Wildman–Crippen MR) is 150 cm³/mol. The fraction of sp³-hybridized carbons (Fsp3) is 0.296. The molecule has 1 atom stereocenters. The average Bonchev–Trinajstić information content (AvgIpc) is 3.16. The molecule has 2 aromatic carbocycles. The van der Waals surface area contributed by atoms with Crippen molar-refractivity contribution < 1.29 is 18.0 Å². The summed E-state index contributed by atoms with van der Waals surface area (Å²) in [6.45, 7) is 1.55. The predicted octanol–water partition coefficient (Wildman–Crippen LogP) is 4.33. The van der Waals surface area contributed by atoms with Crippen LogP contribution in [0.1, 0.15) is 31.2 Å². The molecule has 0 aromatic heterocycles.